The molecule has 1 atom stereocenters. The van der Waals surface area contributed by atoms with E-state index in [9.17, 15) is 18.4 Å². The molecule has 0 spiro atoms. The Balaban J connectivity index is 1.68. The molecular weight excluding hydrogens is 406 g/mol. The van der Waals surface area contributed by atoms with Crippen molar-refractivity contribution < 1.29 is 18.4 Å². The van der Waals surface area contributed by atoms with Gasteiger partial charge in [-0.25, -0.2) is 8.78 Å². The second kappa shape index (κ2) is 7.53. The number of hydrogen-bond acceptors (Lipinski definition) is 2. The molecule has 0 fully saturated rings. The van der Waals surface area contributed by atoms with Crippen molar-refractivity contribution in [3.05, 3.63) is 69.2 Å². The molecule has 26 heavy (non-hydrogen) atoms. The molecule has 2 aromatic carbocycles. The monoisotopic (exact) mass is 422 g/mol. The lowest BCUT2D eigenvalue weighted by molar-refractivity contribution is -0.132. The van der Waals surface area contributed by atoms with E-state index in [1.165, 1.54) is 11.0 Å². The molecule has 0 bridgehead atoms. The van der Waals surface area contributed by atoms with Crippen LogP contribution in [0, 0.1) is 11.6 Å². The first-order chi connectivity index (χ1) is 12.4. The Morgan fingerprint density at radius 3 is 2.77 bits per heavy atom. The van der Waals surface area contributed by atoms with Gasteiger partial charge in [-0.15, -0.1) is 0 Å². The first kappa shape index (κ1) is 18.5. The molecule has 0 aromatic heterocycles. The van der Waals surface area contributed by atoms with Crippen LogP contribution in [0.2, 0.25) is 0 Å². The number of fused-ring (bicyclic) bond motifs is 1. The van der Waals surface area contributed by atoms with E-state index in [4.69, 9.17) is 0 Å². The van der Waals surface area contributed by atoms with Crippen molar-refractivity contribution in [1.29, 1.82) is 0 Å². The van der Waals surface area contributed by atoms with Crippen molar-refractivity contribution in [2.24, 2.45) is 0 Å². The van der Waals surface area contributed by atoms with Crippen LogP contribution in [0.15, 0.2) is 40.9 Å². The molecule has 0 unspecified atom stereocenters. The largest absolute Gasteiger partial charge is 0.343 e. The number of nitrogens with zero attached hydrogens (tertiary/aromatic N) is 1. The number of carbonyl (C=O) groups excluding carboxylic acids is 2. The van der Waals surface area contributed by atoms with Crippen LogP contribution in [0.25, 0.3) is 0 Å². The topological polar surface area (TPSA) is 49.4 Å². The molecule has 1 aliphatic rings. The molecule has 0 saturated carbocycles. The van der Waals surface area contributed by atoms with Crippen LogP contribution in [0.5, 0.6) is 0 Å². The number of nitrogens with one attached hydrogen (secondary N) is 1. The van der Waals surface area contributed by atoms with Crippen molar-refractivity contribution in [3.8, 4) is 0 Å². The highest BCUT2D eigenvalue weighted by atomic mass is 79.9. The molecule has 1 N–H and O–H groups in total. The summed E-state index contributed by atoms with van der Waals surface area (Å²) in [5.74, 6) is -1.90. The summed E-state index contributed by atoms with van der Waals surface area (Å²) >= 11 is 3.29. The lowest BCUT2D eigenvalue weighted by Crippen LogP contribution is -2.44. The highest BCUT2D eigenvalue weighted by molar-refractivity contribution is 9.10. The van der Waals surface area contributed by atoms with E-state index in [-0.39, 0.29) is 18.4 Å². The van der Waals surface area contributed by atoms with Gasteiger partial charge in [-0.1, -0.05) is 22.0 Å². The van der Waals surface area contributed by atoms with Gasteiger partial charge in [-0.2, -0.15) is 0 Å². The van der Waals surface area contributed by atoms with Crippen molar-refractivity contribution in [2.45, 2.75) is 19.4 Å². The molecule has 1 heterocycles. The number of amides is 2. The molecule has 136 valence electrons. The summed E-state index contributed by atoms with van der Waals surface area (Å²) in [4.78, 5) is 26.2. The van der Waals surface area contributed by atoms with Crippen LogP contribution in [-0.2, 0) is 11.2 Å². The molecule has 0 aliphatic carbocycles. The van der Waals surface area contributed by atoms with Gasteiger partial charge in [0, 0.05) is 22.6 Å². The molecule has 3 rings (SSSR count). The second-order valence-electron chi connectivity index (χ2n) is 6.16. The smallest absolute Gasteiger partial charge is 0.251 e. The van der Waals surface area contributed by atoms with E-state index in [0.29, 0.717) is 29.7 Å². The van der Waals surface area contributed by atoms with Crippen LogP contribution in [0.3, 0.4) is 0 Å². The zero-order valence-electron chi connectivity index (χ0n) is 14.1. The quantitative estimate of drug-likeness (QED) is 0.821. The van der Waals surface area contributed by atoms with Gasteiger partial charge in [0.2, 0.25) is 5.91 Å². The zero-order valence-corrected chi connectivity index (χ0v) is 15.6. The minimum atomic E-state index is -0.662. The summed E-state index contributed by atoms with van der Waals surface area (Å²) in [6.45, 7) is 1.87. The van der Waals surface area contributed by atoms with E-state index < -0.39 is 17.7 Å². The number of rotatable bonds is 3. The summed E-state index contributed by atoms with van der Waals surface area (Å²) in [5, 5.41) is 2.59. The predicted octanol–water partition coefficient (Wildman–Crippen LogP) is 3.60. The Hall–Kier alpha value is -2.28. The van der Waals surface area contributed by atoms with Crippen LogP contribution in [0.1, 0.15) is 34.5 Å². The highest BCUT2D eigenvalue weighted by Crippen LogP contribution is 2.31. The third kappa shape index (κ3) is 3.77. The van der Waals surface area contributed by atoms with E-state index in [2.05, 4.69) is 21.2 Å². The maximum Gasteiger partial charge on any atom is 0.251 e. The van der Waals surface area contributed by atoms with Crippen LogP contribution >= 0.6 is 15.9 Å². The summed E-state index contributed by atoms with van der Waals surface area (Å²) in [6, 6.07) is 8.50. The first-order valence-electron chi connectivity index (χ1n) is 8.18. The van der Waals surface area contributed by atoms with Crippen molar-refractivity contribution in [1.82, 2.24) is 10.2 Å². The predicted molar refractivity (Wildman–Crippen MR) is 96.7 cm³/mol. The van der Waals surface area contributed by atoms with E-state index >= 15 is 0 Å². The van der Waals surface area contributed by atoms with Gasteiger partial charge in [0.05, 0.1) is 12.6 Å². The fraction of sp³-hybridized carbons (Fsp3) is 0.263. The first-order valence-corrected chi connectivity index (χ1v) is 8.97. The lowest BCUT2D eigenvalue weighted by Gasteiger charge is -2.35. The molecular formula is C19H17BrF2N2O2. The summed E-state index contributed by atoms with van der Waals surface area (Å²) < 4.78 is 28.2. The van der Waals surface area contributed by atoms with E-state index in [1.807, 2.05) is 0 Å². The average Bonchev–Trinajstić information content (AvgIpc) is 2.60. The minimum absolute atomic E-state index is 0.178. The Morgan fingerprint density at radius 1 is 1.27 bits per heavy atom. The second-order valence-corrected chi connectivity index (χ2v) is 7.08. The third-order valence-corrected chi connectivity index (χ3v) is 5.02. The molecule has 0 saturated heterocycles. The maximum atomic E-state index is 13.9. The van der Waals surface area contributed by atoms with Gasteiger partial charge in [-0.05, 0) is 48.7 Å². The average molecular weight is 423 g/mol. The van der Waals surface area contributed by atoms with Gasteiger partial charge in [0.1, 0.15) is 11.6 Å². The van der Waals surface area contributed by atoms with Gasteiger partial charge < -0.3 is 10.2 Å². The summed E-state index contributed by atoms with van der Waals surface area (Å²) in [7, 11) is 0. The molecule has 4 nitrogen and oxygen atoms in total. The Labute approximate surface area is 158 Å². The van der Waals surface area contributed by atoms with Gasteiger partial charge >= 0.3 is 0 Å². The number of benzene rings is 2. The molecule has 2 aromatic rings. The fourth-order valence-electron chi connectivity index (χ4n) is 3.18. The van der Waals surface area contributed by atoms with Crippen LogP contribution in [-0.4, -0.2) is 29.8 Å². The maximum absolute atomic E-state index is 13.9. The van der Waals surface area contributed by atoms with Gasteiger partial charge in [-0.3, -0.25) is 9.59 Å². The standard InChI is InChI=1S/C19H17BrF2N2O2/c1-11-16-8-14(21)9-17(22)15(16)5-6-24(11)18(25)10-23-19(26)12-3-2-4-13(20)7-12/h2-4,7-9,11H,5-6,10H2,1H3,(H,23,26)/t11-/m1/s1. The zero-order chi connectivity index (χ0) is 18.8. The van der Waals surface area contributed by atoms with Crippen LogP contribution in [0.4, 0.5) is 8.78 Å². The Morgan fingerprint density at radius 2 is 2.04 bits per heavy atom. The minimum Gasteiger partial charge on any atom is -0.343 e. The third-order valence-electron chi connectivity index (χ3n) is 4.52. The lowest BCUT2D eigenvalue weighted by atomic mass is 9.93. The number of carbonyl (C=O) groups is 2. The normalized spacial score (nSPS) is 16.2. The van der Waals surface area contributed by atoms with E-state index in [1.54, 1.807) is 31.2 Å². The highest BCUT2D eigenvalue weighted by Gasteiger charge is 2.29. The molecule has 1 aliphatic heterocycles. The van der Waals surface area contributed by atoms with Crippen molar-refractivity contribution in [2.75, 3.05) is 13.1 Å². The summed E-state index contributed by atoms with van der Waals surface area (Å²) in [5.41, 5.74) is 1.36. The molecule has 2 amide bonds. The fourth-order valence-corrected chi connectivity index (χ4v) is 3.58. The number of hydrogen-bond donors (Lipinski definition) is 1. The Bertz CT molecular complexity index is 873. The SMILES string of the molecule is C[C@@H]1c2cc(F)cc(F)c2CCN1C(=O)CNC(=O)c1cccc(Br)c1. The Kier molecular flexibility index (Phi) is 5.36. The van der Waals surface area contributed by atoms with Crippen LogP contribution < -0.4 is 5.32 Å². The van der Waals surface area contributed by atoms with Crippen molar-refractivity contribution in [3.63, 3.8) is 0 Å². The molecule has 7 heteroatoms. The summed E-state index contributed by atoms with van der Waals surface area (Å²) in [6.07, 6.45) is 0.317. The van der Waals surface area contributed by atoms with E-state index in [0.717, 1.165) is 10.5 Å². The molecule has 0 radical (unpaired) electrons. The van der Waals surface area contributed by atoms with Gasteiger partial charge in [0.25, 0.3) is 5.91 Å². The van der Waals surface area contributed by atoms with Gasteiger partial charge in [0.15, 0.2) is 0 Å². The number of halogens is 3. The van der Waals surface area contributed by atoms with Crippen molar-refractivity contribution >= 4 is 27.7 Å².